The number of hydrogen-bond acceptors (Lipinski definition) is 2. The van der Waals surface area contributed by atoms with Crippen LogP contribution in [-0.2, 0) is 0 Å². The minimum Gasteiger partial charge on any atom is -0.316 e. The third kappa shape index (κ3) is 3.45. The summed E-state index contributed by atoms with van der Waals surface area (Å²) in [5, 5.41) is 3.35. The first-order valence-electron chi connectivity index (χ1n) is 6.46. The zero-order valence-corrected chi connectivity index (χ0v) is 11.4. The number of hydrogen-bond donors (Lipinski definition) is 1. The molecular weight excluding hydrogens is 252 g/mol. The molecule has 1 aromatic carbocycles. The number of halogens is 2. The molecule has 0 radical (unpaired) electrons. The lowest BCUT2D eigenvalue weighted by atomic mass is 10.0. The predicted molar refractivity (Wildman–Crippen MR) is 71.9 cm³/mol. The van der Waals surface area contributed by atoms with Gasteiger partial charge in [-0.2, -0.15) is 0 Å². The van der Waals surface area contributed by atoms with Crippen molar-refractivity contribution in [2.45, 2.75) is 36.6 Å². The van der Waals surface area contributed by atoms with Crippen LogP contribution in [0, 0.1) is 17.6 Å². The van der Waals surface area contributed by atoms with Gasteiger partial charge in [0.1, 0.15) is 0 Å². The zero-order chi connectivity index (χ0) is 13.0. The van der Waals surface area contributed by atoms with Gasteiger partial charge in [0.15, 0.2) is 11.6 Å². The summed E-state index contributed by atoms with van der Waals surface area (Å²) >= 11 is 1.59. The number of nitrogens with one attached hydrogen (secondary N) is 1. The fourth-order valence-corrected chi connectivity index (χ4v) is 3.73. The quantitative estimate of drug-likeness (QED) is 0.817. The second kappa shape index (κ2) is 6.53. The SMILES string of the molecule is CNC(CSc1ccc(F)c(F)c1)C1CCCC1. The Morgan fingerprint density at radius 2 is 2.00 bits per heavy atom. The molecule has 1 fully saturated rings. The van der Waals surface area contributed by atoms with Crippen LogP contribution in [0.1, 0.15) is 25.7 Å². The standard InChI is InChI=1S/C14H19F2NS/c1-17-14(10-4-2-3-5-10)9-18-11-6-7-12(15)13(16)8-11/h6-8,10,14,17H,2-5,9H2,1H3. The monoisotopic (exact) mass is 271 g/mol. The van der Waals surface area contributed by atoms with Crippen molar-refractivity contribution in [3.8, 4) is 0 Å². The lowest BCUT2D eigenvalue weighted by Gasteiger charge is -2.22. The highest BCUT2D eigenvalue weighted by Crippen LogP contribution is 2.31. The van der Waals surface area contributed by atoms with E-state index in [0.29, 0.717) is 6.04 Å². The molecule has 1 aliphatic carbocycles. The Labute approximate surface area is 111 Å². The Kier molecular flexibility index (Phi) is 5.01. The van der Waals surface area contributed by atoms with Crippen molar-refractivity contribution in [3.63, 3.8) is 0 Å². The first-order valence-corrected chi connectivity index (χ1v) is 7.44. The average Bonchev–Trinajstić information content (AvgIpc) is 2.88. The minimum atomic E-state index is -0.777. The van der Waals surface area contributed by atoms with Crippen molar-refractivity contribution in [1.29, 1.82) is 0 Å². The van der Waals surface area contributed by atoms with Crippen LogP contribution in [0.25, 0.3) is 0 Å². The molecule has 1 saturated carbocycles. The van der Waals surface area contributed by atoms with Crippen LogP contribution in [0.3, 0.4) is 0 Å². The van der Waals surface area contributed by atoms with Crippen LogP contribution >= 0.6 is 11.8 Å². The number of thioether (sulfide) groups is 1. The topological polar surface area (TPSA) is 12.0 Å². The van der Waals surface area contributed by atoms with Gasteiger partial charge in [-0.3, -0.25) is 0 Å². The van der Waals surface area contributed by atoms with Gasteiger partial charge >= 0.3 is 0 Å². The van der Waals surface area contributed by atoms with Crippen LogP contribution in [-0.4, -0.2) is 18.8 Å². The normalized spacial score (nSPS) is 18.2. The Hall–Kier alpha value is -0.610. The molecule has 0 aromatic heterocycles. The molecule has 0 heterocycles. The molecule has 1 nitrogen and oxygen atoms in total. The Morgan fingerprint density at radius 3 is 2.61 bits per heavy atom. The lowest BCUT2D eigenvalue weighted by molar-refractivity contribution is 0.410. The van der Waals surface area contributed by atoms with Crippen LogP contribution in [0.5, 0.6) is 0 Å². The highest BCUT2D eigenvalue weighted by atomic mass is 32.2. The molecule has 1 atom stereocenters. The molecule has 1 N–H and O–H groups in total. The minimum absolute atomic E-state index is 0.464. The van der Waals surface area contributed by atoms with E-state index in [1.54, 1.807) is 17.8 Å². The second-order valence-electron chi connectivity index (χ2n) is 4.83. The van der Waals surface area contributed by atoms with Gasteiger partial charge in [-0.15, -0.1) is 11.8 Å². The van der Waals surface area contributed by atoms with E-state index in [2.05, 4.69) is 5.32 Å². The van der Waals surface area contributed by atoms with E-state index in [9.17, 15) is 8.78 Å². The number of benzene rings is 1. The van der Waals surface area contributed by atoms with Crippen molar-refractivity contribution in [2.24, 2.45) is 5.92 Å². The van der Waals surface area contributed by atoms with Crippen LogP contribution in [0.2, 0.25) is 0 Å². The van der Waals surface area contributed by atoms with Gasteiger partial charge in [0.05, 0.1) is 0 Å². The summed E-state index contributed by atoms with van der Waals surface area (Å²) in [6.45, 7) is 0. The first-order chi connectivity index (χ1) is 8.70. The fraction of sp³-hybridized carbons (Fsp3) is 0.571. The summed E-state index contributed by atoms with van der Waals surface area (Å²) < 4.78 is 25.9. The predicted octanol–water partition coefficient (Wildman–Crippen LogP) is 3.84. The largest absolute Gasteiger partial charge is 0.316 e. The van der Waals surface area contributed by atoms with Crippen LogP contribution in [0.4, 0.5) is 8.78 Å². The summed E-state index contributed by atoms with van der Waals surface area (Å²) in [6.07, 6.45) is 5.20. The van der Waals surface area contributed by atoms with Gasteiger partial charge in [0.25, 0.3) is 0 Å². The summed E-state index contributed by atoms with van der Waals surface area (Å²) in [7, 11) is 1.98. The third-order valence-electron chi connectivity index (χ3n) is 3.66. The van der Waals surface area contributed by atoms with Crippen molar-refractivity contribution in [2.75, 3.05) is 12.8 Å². The molecule has 1 aromatic rings. The van der Waals surface area contributed by atoms with Gasteiger partial charge in [-0.05, 0) is 44.0 Å². The molecule has 0 saturated heterocycles. The Bertz CT molecular complexity index is 391. The van der Waals surface area contributed by atoms with E-state index < -0.39 is 11.6 Å². The summed E-state index contributed by atoms with van der Waals surface area (Å²) in [6, 6.07) is 4.58. The van der Waals surface area contributed by atoms with E-state index in [-0.39, 0.29) is 0 Å². The molecule has 4 heteroatoms. The van der Waals surface area contributed by atoms with E-state index in [0.717, 1.165) is 16.6 Å². The van der Waals surface area contributed by atoms with E-state index in [4.69, 9.17) is 0 Å². The van der Waals surface area contributed by atoms with Crippen molar-refractivity contribution < 1.29 is 8.78 Å². The van der Waals surface area contributed by atoms with Crippen molar-refractivity contribution in [1.82, 2.24) is 5.32 Å². The molecule has 0 spiro atoms. The molecule has 0 amide bonds. The second-order valence-corrected chi connectivity index (χ2v) is 5.92. The molecule has 0 bridgehead atoms. The van der Waals surface area contributed by atoms with Crippen molar-refractivity contribution >= 4 is 11.8 Å². The van der Waals surface area contributed by atoms with E-state index in [1.807, 2.05) is 7.05 Å². The maximum atomic E-state index is 13.1. The lowest BCUT2D eigenvalue weighted by Crippen LogP contribution is -2.34. The van der Waals surface area contributed by atoms with Gasteiger partial charge in [0, 0.05) is 16.7 Å². The molecule has 18 heavy (non-hydrogen) atoms. The maximum Gasteiger partial charge on any atom is 0.159 e. The van der Waals surface area contributed by atoms with Crippen LogP contribution < -0.4 is 5.32 Å². The number of rotatable bonds is 5. The van der Waals surface area contributed by atoms with Gasteiger partial charge in [0.2, 0.25) is 0 Å². The van der Waals surface area contributed by atoms with Crippen molar-refractivity contribution in [3.05, 3.63) is 29.8 Å². The van der Waals surface area contributed by atoms with E-state index >= 15 is 0 Å². The highest BCUT2D eigenvalue weighted by molar-refractivity contribution is 7.99. The average molecular weight is 271 g/mol. The van der Waals surface area contributed by atoms with Gasteiger partial charge < -0.3 is 5.32 Å². The maximum absolute atomic E-state index is 13.1. The Morgan fingerprint density at radius 1 is 1.28 bits per heavy atom. The first kappa shape index (κ1) is 13.8. The highest BCUT2D eigenvalue weighted by Gasteiger charge is 2.23. The van der Waals surface area contributed by atoms with Gasteiger partial charge in [-0.25, -0.2) is 8.78 Å². The summed E-state index contributed by atoms with van der Waals surface area (Å²) in [5.41, 5.74) is 0. The fourth-order valence-electron chi connectivity index (χ4n) is 2.57. The molecule has 100 valence electrons. The summed E-state index contributed by atoms with van der Waals surface area (Å²) in [4.78, 5) is 0.798. The molecule has 2 rings (SSSR count). The third-order valence-corrected chi connectivity index (χ3v) is 4.77. The van der Waals surface area contributed by atoms with Gasteiger partial charge in [-0.1, -0.05) is 12.8 Å². The summed E-state index contributed by atoms with van der Waals surface area (Å²) in [5.74, 6) is 0.0988. The smallest absolute Gasteiger partial charge is 0.159 e. The van der Waals surface area contributed by atoms with E-state index in [1.165, 1.54) is 37.8 Å². The zero-order valence-electron chi connectivity index (χ0n) is 10.6. The van der Waals surface area contributed by atoms with Crippen LogP contribution in [0.15, 0.2) is 23.1 Å². The molecule has 1 aliphatic rings. The molecular formula is C14H19F2NS. The Balaban J connectivity index is 1.90. The molecule has 1 unspecified atom stereocenters. The molecule has 0 aliphatic heterocycles.